The molecule has 3 amide bonds. The Kier molecular flexibility index (Phi) is 10.8. The lowest BCUT2D eigenvalue weighted by molar-refractivity contribution is -0.147. The van der Waals surface area contributed by atoms with Gasteiger partial charge in [0.2, 0.25) is 17.7 Å². The summed E-state index contributed by atoms with van der Waals surface area (Å²) in [6.45, 7) is 1.05. The van der Waals surface area contributed by atoms with Crippen molar-refractivity contribution in [3.63, 3.8) is 0 Å². The maximum absolute atomic E-state index is 13.5. The number of carboxylic acid groups (broad SMARTS) is 2. The fourth-order valence-electron chi connectivity index (χ4n) is 4.59. The van der Waals surface area contributed by atoms with Gasteiger partial charge in [-0.15, -0.1) is 0 Å². The Balaban J connectivity index is 1.80. The number of rotatable bonds is 15. The van der Waals surface area contributed by atoms with Crippen LogP contribution in [0.5, 0.6) is 0 Å². The monoisotopic (exact) mass is 544 g/mol. The first-order valence-electron chi connectivity index (χ1n) is 13.0. The van der Waals surface area contributed by atoms with Crippen molar-refractivity contribution in [3.05, 3.63) is 36.0 Å². The molecule has 1 aromatic heterocycles. The number of nitrogens with one attached hydrogen (secondary N) is 5. The lowest BCUT2D eigenvalue weighted by Gasteiger charge is -2.25. The normalized spacial score (nSPS) is 17.2. The molecule has 0 radical (unpaired) electrons. The average Bonchev–Trinajstić information content (AvgIpc) is 3.58. The summed E-state index contributed by atoms with van der Waals surface area (Å²) >= 11 is 0. The molecule has 212 valence electrons. The van der Waals surface area contributed by atoms with Crippen LogP contribution in [0.15, 0.2) is 30.5 Å². The zero-order valence-electron chi connectivity index (χ0n) is 21.6. The Morgan fingerprint density at radius 3 is 2.36 bits per heavy atom. The number of hydrogen-bond acceptors (Lipinski definition) is 7. The average molecular weight is 545 g/mol. The van der Waals surface area contributed by atoms with Crippen LogP contribution in [0.1, 0.15) is 44.1 Å². The number of H-pyrrole nitrogens is 1. The minimum absolute atomic E-state index is 0.141. The van der Waals surface area contributed by atoms with E-state index in [2.05, 4.69) is 26.3 Å². The number of fused-ring (bicyclic) bond motifs is 1. The van der Waals surface area contributed by atoms with Gasteiger partial charge in [0, 0.05) is 23.5 Å². The Labute approximate surface area is 225 Å². The molecule has 1 aliphatic heterocycles. The molecule has 2 heterocycles. The fraction of sp³-hybridized carbons (Fsp3) is 0.500. The number of nitrogens with two attached hydrogens (primary N) is 1. The Morgan fingerprint density at radius 1 is 0.974 bits per heavy atom. The number of carbonyl (C=O) groups is 5. The molecule has 2 aromatic rings. The van der Waals surface area contributed by atoms with E-state index in [-0.39, 0.29) is 18.7 Å². The van der Waals surface area contributed by atoms with Gasteiger partial charge in [0.15, 0.2) is 0 Å². The molecule has 4 unspecified atom stereocenters. The number of benzene rings is 1. The maximum Gasteiger partial charge on any atom is 0.326 e. The molecule has 0 saturated carbocycles. The maximum atomic E-state index is 13.5. The molecule has 0 spiro atoms. The number of carbonyl (C=O) groups excluding carboxylic acids is 3. The van der Waals surface area contributed by atoms with Crippen LogP contribution in [0.2, 0.25) is 0 Å². The number of para-hydroxylation sites is 1. The first-order chi connectivity index (χ1) is 18.7. The van der Waals surface area contributed by atoms with Gasteiger partial charge in [-0.05, 0) is 56.8 Å². The van der Waals surface area contributed by atoms with Crippen molar-refractivity contribution < 1.29 is 34.2 Å². The van der Waals surface area contributed by atoms with Gasteiger partial charge in [-0.25, -0.2) is 4.79 Å². The molecule has 39 heavy (non-hydrogen) atoms. The lowest BCUT2D eigenvalue weighted by atomic mass is 10.0. The van der Waals surface area contributed by atoms with Crippen molar-refractivity contribution >= 4 is 40.6 Å². The van der Waals surface area contributed by atoms with Gasteiger partial charge in [0.25, 0.3) is 0 Å². The highest BCUT2D eigenvalue weighted by atomic mass is 16.4. The Morgan fingerprint density at radius 2 is 1.69 bits per heavy atom. The predicted molar refractivity (Wildman–Crippen MR) is 142 cm³/mol. The van der Waals surface area contributed by atoms with Crippen LogP contribution in [0, 0.1) is 0 Å². The second-order valence-corrected chi connectivity index (χ2v) is 9.62. The Hall–Kier alpha value is -3.97. The van der Waals surface area contributed by atoms with Crippen LogP contribution >= 0.6 is 0 Å². The summed E-state index contributed by atoms with van der Waals surface area (Å²) in [4.78, 5) is 65.1. The standard InChI is InChI=1S/C26H36N6O7/c27-10-4-3-8-19(24(36)32-21(26(38)39)13-22(33)34)30-25(37)20(31-23(35)18-9-5-11-28-18)12-15-14-29-17-7-2-1-6-16(15)17/h1-2,6-7,14,18-21,28-29H,3-5,8-13,27H2,(H,30,37)(H,31,35)(H,32,36)(H,33,34)(H,38,39). The second kappa shape index (κ2) is 14.3. The summed E-state index contributed by atoms with van der Waals surface area (Å²) in [7, 11) is 0. The first-order valence-corrected chi connectivity index (χ1v) is 13.0. The number of hydrogen-bond donors (Lipinski definition) is 8. The van der Waals surface area contributed by atoms with Gasteiger partial charge in [-0.3, -0.25) is 19.2 Å². The third-order valence-corrected chi connectivity index (χ3v) is 6.68. The van der Waals surface area contributed by atoms with E-state index in [4.69, 9.17) is 10.8 Å². The minimum atomic E-state index is -1.67. The van der Waals surface area contributed by atoms with Crippen molar-refractivity contribution in [3.8, 4) is 0 Å². The van der Waals surface area contributed by atoms with Gasteiger partial charge < -0.3 is 42.2 Å². The third-order valence-electron chi connectivity index (χ3n) is 6.68. The summed E-state index contributed by atoms with van der Waals surface area (Å²) in [5.41, 5.74) is 7.23. The highest BCUT2D eigenvalue weighted by Crippen LogP contribution is 2.19. The van der Waals surface area contributed by atoms with E-state index in [9.17, 15) is 29.1 Å². The van der Waals surface area contributed by atoms with E-state index in [1.807, 2.05) is 24.3 Å². The SMILES string of the molecule is NCCCCC(NC(=O)C(Cc1c[nH]c2ccccc12)NC(=O)C1CCCN1)C(=O)NC(CC(=O)O)C(=O)O. The van der Waals surface area contributed by atoms with Gasteiger partial charge in [-0.1, -0.05) is 18.2 Å². The Bertz CT molecular complexity index is 1180. The van der Waals surface area contributed by atoms with Crippen molar-refractivity contribution in [2.24, 2.45) is 5.73 Å². The molecule has 1 aliphatic rings. The second-order valence-electron chi connectivity index (χ2n) is 9.62. The van der Waals surface area contributed by atoms with E-state index in [1.54, 1.807) is 6.20 Å². The van der Waals surface area contributed by atoms with Crippen LogP contribution in [0.25, 0.3) is 10.9 Å². The van der Waals surface area contributed by atoms with Crippen molar-refractivity contribution in [2.75, 3.05) is 13.1 Å². The number of aliphatic carboxylic acids is 2. The molecule has 13 nitrogen and oxygen atoms in total. The molecule has 0 bridgehead atoms. The summed E-state index contributed by atoms with van der Waals surface area (Å²) in [5, 5.41) is 30.0. The summed E-state index contributed by atoms with van der Waals surface area (Å²) < 4.78 is 0. The number of unbranched alkanes of at least 4 members (excludes halogenated alkanes) is 1. The highest BCUT2D eigenvalue weighted by Gasteiger charge is 2.32. The van der Waals surface area contributed by atoms with Gasteiger partial charge in [-0.2, -0.15) is 0 Å². The van der Waals surface area contributed by atoms with E-state index in [0.717, 1.165) is 22.9 Å². The van der Waals surface area contributed by atoms with Crippen LogP contribution in [0.4, 0.5) is 0 Å². The summed E-state index contributed by atoms with van der Waals surface area (Å²) in [6.07, 6.45) is 3.71. The molecule has 3 rings (SSSR count). The van der Waals surface area contributed by atoms with Gasteiger partial charge >= 0.3 is 11.9 Å². The van der Waals surface area contributed by atoms with Gasteiger partial charge in [0.1, 0.15) is 18.1 Å². The molecule has 4 atom stereocenters. The number of aromatic amines is 1. The summed E-state index contributed by atoms with van der Waals surface area (Å²) in [5.74, 6) is -4.68. The number of amides is 3. The third kappa shape index (κ3) is 8.52. The summed E-state index contributed by atoms with van der Waals surface area (Å²) in [6, 6.07) is 3.24. The van der Waals surface area contributed by atoms with Crippen LogP contribution in [0.3, 0.4) is 0 Å². The topological polar surface area (TPSA) is 216 Å². The molecular formula is C26H36N6O7. The smallest absolute Gasteiger partial charge is 0.326 e. The molecule has 1 saturated heterocycles. The van der Waals surface area contributed by atoms with E-state index in [1.165, 1.54) is 0 Å². The van der Waals surface area contributed by atoms with Crippen LogP contribution < -0.4 is 27.0 Å². The van der Waals surface area contributed by atoms with E-state index in [0.29, 0.717) is 32.4 Å². The first kappa shape index (κ1) is 29.6. The van der Waals surface area contributed by atoms with E-state index >= 15 is 0 Å². The molecular weight excluding hydrogens is 508 g/mol. The molecule has 1 aromatic carbocycles. The lowest BCUT2D eigenvalue weighted by Crippen LogP contribution is -2.57. The van der Waals surface area contributed by atoms with E-state index < -0.39 is 54.3 Å². The number of aromatic nitrogens is 1. The zero-order chi connectivity index (χ0) is 28.4. The zero-order valence-corrected chi connectivity index (χ0v) is 21.6. The highest BCUT2D eigenvalue weighted by molar-refractivity contribution is 5.95. The molecule has 1 fully saturated rings. The van der Waals surface area contributed by atoms with Crippen molar-refractivity contribution in [2.45, 2.75) is 69.1 Å². The molecule has 0 aliphatic carbocycles. The van der Waals surface area contributed by atoms with Crippen molar-refractivity contribution in [1.29, 1.82) is 0 Å². The van der Waals surface area contributed by atoms with Crippen molar-refractivity contribution in [1.82, 2.24) is 26.3 Å². The number of carboxylic acids is 2. The fourth-order valence-corrected chi connectivity index (χ4v) is 4.59. The largest absolute Gasteiger partial charge is 0.481 e. The quantitative estimate of drug-likeness (QED) is 0.137. The molecule has 13 heteroatoms. The van der Waals surface area contributed by atoms with Crippen LogP contribution in [-0.4, -0.2) is 82.1 Å². The van der Waals surface area contributed by atoms with Crippen LogP contribution in [-0.2, 0) is 30.4 Å². The molecule has 9 N–H and O–H groups in total. The predicted octanol–water partition coefficient (Wildman–Crippen LogP) is -0.395. The minimum Gasteiger partial charge on any atom is -0.481 e. The van der Waals surface area contributed by atoms with Gasteiger partial charge in [0.05, 0.1) is 12.5 Å².